The molecule has 0 aliphatic carbocycles. The largest absolute Gasteiger partial charge is 0.431 e. The monoisotopic (exact) mass is 383 g/mol. The van der Waals surface area contributed by atoms with Crippen LogP contribution in [-0.4, -0.2) is 19.7 Å². The van der Waals surface area contributed by atoms with E-state index in [2.05, 4.69) is 4.98 Å². The molecule has 2 aromatic carbocycles. The predicted molar refractivity (Wildman–Crippen MR) is 89.7 cm³/mol. The molecule has 0 amide bonds. The quantitative estimate of drug-likeness (QED) is 0.654. The summed E-state index contributed by atoms with van der Waals surface area (Å²) < 4.78 is 76.4. The van der Waals surface area contributed by atoms with Crippen molar-refractivity contribution in [1.29, 1.82) is 0 Å². The first-order chi connectivity index (χ1) is 12.1. The highest BCUT2D eigenvalue weighted by atomic mass is 32.2. The van der Waals surface area contributed by atoms with Crippen LogP contribution in [0.25, 0.3) is 22.3 Å². The lowest BCUT2D eigenvalue weighted by Crippen LogP contribution is -2.07. The van der Waals surface area contributed by atoms with Crippen molar-refractivity contribution in [3.05, 3.63) is 66.2 Å². The van der Waals surface area contributed by atoms with E-state index in [4.69, 9.17) is 0 Å². The SMILES string of the molecule is CS(=O)(=O)c1ccc(-c2c[nH]c(C(F)(F)F)c2-c2ccc(F)cc2)cc1. The fourth-order valence-corrected chi connectivity index (χ4v) is 3.30. The Kier molecular flexibility index (Phi) is 4.39. The van der Waals surface area contributed by atoms with E-state index < -0.39 is 27.5 Å². The minimum atomic E-state index is -4.63. The zero-order valence-electron chi connectivity index (χ0n) is 13.4. The van der Waals surface area contributed by atoms with Gasteiger partial charge in [-0.05, 0) is 35.4 Å². The number of alkyl halides is 3. The molecule has 1 aromatic heterocycles. The van der Waals surface area contributed by atoms with Crippen LogP contribution in [0.5, 0.6) is 0 Å². The number of aromatic nitrogens is 1. The Bertz CT molecular complexity index is 1030. The van der Waals surface area contributed by atoms with Gasteiger partial charge in [-0.25, -0.2) is 12.8 Å². The van der Waals surface area contributed by atoms with Gasteiger partial charge >= 0.3 is 6.18 Å². The second-order valence-corrected chi connectivity index (χ2v) is 7.77. The van der Waals surface area contributed by atoms with E-state index in [9.17, 15) is 26.0 Å². The first-order valence-corrected chi connectivity index (χ1v) is 9.31. The first kappa shape index (κ1) is 18.2. The first-order valence-electron chi connectivity index (χ1n) is 7.42. The number of H-pyrrole nitrogens is 1. The van der Waals surface area contributed by atoms with Crippen molar-refractivity contribution in [2.75, 3.05) is 6.26 Å². The lowest BCUT2D eigenvalue weighted by Gasteiger charge is -2.11. The Morgan fingerprint density at radius 2 is 1.42 bits per heavy atom. The number of sulfone groups is 1. The van der Waals surface area contributed by atoms with Gasteiger partial charge in [0.15, 0.2) is 9.84 Å². The Hall–Kier alpha value is -2.61. The van der Waals surface area contributed by atoms with Crippen LogP contribution in [0, 0.1) is 5.82 Å². The fraction of sp³-hybridized carbons (Fsp3) is 0.111. The Morgan fingerprint density at radius 3 is 1.92 bits per heavy atom. The Labute approximate surface area is 147 Å². The summed E-state index contributed by atoms with van der Waals surface area (Å²) in [5, 5.41) is 0. The maximum Gasteiger partial charge on any atom is 0.431 e. The van der Waals surface area contributed by atoms with Crippen molar-refractivity contribution in [2.45, 2.75) is 11.1 Å². The molecule has 136 valence electrons. The van der Waals surface area contributed by atoms with Crippen molar-refractivity contribution in [3.8, 4) is 22.3 Å². The van der Waals surface area contributed by atoms with Crippen LogP contribution in [0.3, 0.4) is 0 Å². The Morgan fingerprint density at radius 1 is 0.885 bits per heavy atom. The van der Waals surface area contributed by atoms with Crippen molar-refractivity contribution >= 4 is 9.84 Å². The maximum atomic E-state index is 13.4. The van der Waals surface area contributed by atoms with E-state index in [1.807, 2.05) is 0 Å². The van der Waals surface area contributed by atoms with E-state index in [1.165, 1.54) is 42.6 Å². The highest BCUT2D eigenvalue weighted by Gasteiger charge is 2.37. The number of hydrogen-bond donors (Lipinski definition) is 1. The fourth-order valence-electron chi connectivity index (χ4n) is 2.67. The van der Waals surface area contributed by atoms with Gasteiger partial charge in [0, 0.05) is 23.6 Å². The highest BCUT2D eigenvalue weighted by molar-refractivity contribution is 7.90. The number of aromatic amines is 1. The van der Waals surface area contributed by atoms with Crippen molar-refractivity contribution in [1.82, 2.24) is 4.98 Å². The summed E-state index contributed by atoms with van der Waals surface area (Å²) in [7, 11) is -3.42. The second kappa shape index (κ2) is 6.28. The van der Waals surface area contributed by atoms with Crippen LogP contribution in [0.1, 0.15) is 5.69 Å². The number of nitrogens with one attached hydrogen (secondary N) is 1. The summed E-state index contributed by atoms with van der Waals surface area (Å²) in [6.07, 6.45) is -2.38. The third kappa shape index (κ3) is 3.50. The van der Waals surface area contributed by atoms with Crippen LogP contribution in [0.2, 0.25) is 0 Å². The molecule has 8 heteroatoms. The molecule has 0 unspecified atom stereocenters. The maximum absolute atomic E-state index is 13.4. The molecule has 0 aliphatic rings. The zero-order chi connectivity index (χ0) is 19.1. The van der Waals surface area contributed by atoms with Gasteiger partial charge in [-0.3, -0.25) is 0 Å². The molecule has 0 spiro atoms. The van der Waals surface area contributed by atoms with Crippen molar-refractivity contribution in [2.24, 2.45) is 0 Å². The van der Waals surface area contributed by atoms with E-state index in [-0.39, 0.29) is 21.6 Å². The minimum Gasteiger partial charge on any atom is -0.357 e. The summed E-state index contributed by atoms with van der Waals surface area (Å²) in [6.45, 7) is 0. The molecule has 1 N–H and O–H groups in total. The molecule has 0 saturated heterocycles. The van der Waals surface area contributed by atoms with Gasteiger partial charge in [0.2, 0.25) is 0 Å². The smallest absolute Gasteiger partial charge is 0.357 e. The van der Waals surface area contributed by atoms with Crippen LogP contribution in [-0.2, 0) is 16.0 Å². The van der Waals surface area contributed by atoms with Crippen molar-refractivity contribution in [3.63, 3.8) is 0 Å². The van der Waals surface area contributed by atoms with E-state index >= 15 is 0 Å². The number of halogens is 4. The summed E-state index contributed by atoms with van der Waals surface area (Å²) >= 11 is 0. The van der Waals surface area contributed by atoms with Crippen LogP contribution in [0.4, 0.5) is 17.6 Å². The van der Waals surface area contributed by atoms with Gasteiger partial charge in [0.05, 0.1) is 4.90 Å². The lowest BCUT2D eigenvalue weighted by atomic mass is 9.96. The second-order valence-electron chi connectivity index (χ2n) is 5.75. The standard InChI is InChI=1S/C18H13F4NO2S/c1-26(24,25)14-8-4-11(5-9-14)15-10-23-17(18(20,21)22)16(15)12-2-6-13(19)7-3-12/h2-10,23H,1H3. The summed E-state index contributed by atoms with van der Waals surface area (Å²) in [5.74, 6) is -0.558. The predicted octanol–water partition coefficient (Wildman–Crippen LogP) is 4.91. The van der Waals surface area contributed by atoms with E-state index in [1.54, 1.807) is 0 Å². The molecule has 1 heterocycles. The van der Waals surface area contributed by atoms with Crippen molar-refractivity contribution < 1.29 is 26.0 Å². The topological polar surface area (TPSA) is 49.9 Å². The normalized spacial score (nSPS) is 12.3. The summed E-state index contributed by atoms with van der Waals surface area (Å²) in [4.78, 5) is 2.30. The summed E-state index contributed by atoms with van der Waals surface area (Å²) in [6, 6.07) is 10.2. The molecular weight excluding hydrogens is 370 g/mol. The molecule has 0 fully saturated rings. The van der Waals surface area contributed by atoms with Gasteiger partial charge < -0.3 is 4.98 Å². The molecule has 0 radical (unpaired) electrons. The molecule has 0 saturated carbocycles. The highest BCUT2D eigenvalue weighted by Crippen LogP contribution is 2.42. The van der Waals surface area contributed by atoms with Gasteiger partial charge in [0.1, 0.15) is 11.5 Å². The van der Waals surface area contributed by atoms with Crippen LogP contribution >= 0.6 is 0 Å². The average Bonchev–Trinajstić information content (AvgIpc) is 3.00. The molecule has 0 atom stereocenters. The molecule has 3 aromatic rings. The Balaban J connectivity index is 2.19. The number of hydrogen-bond acceptors (Lipinski definition) is 2. The molecule has 0 bridgehead atoms. The molecular formula is C18H13F4NO2S. The zero-order valence-corrected chi connectivity index (χ0v) is 14.2. The van der Waals surface area contributed by atoms with Gasteiger partial charge in [-0.15, -0.1) is 0 Å². The van der Waals surface area contributed by atoms with E-state index in [0.717, 1.165) is 18.4 Å². The number of rotatable bonds is 3. The third-order valence-corrected chi connectivity index (χ3v) is 5.02. The van der Waals surface area contributed by atoms with E-state index in [0.29, 0.717) is 5.56 Å². The molecule has 0 aliphatic heterocycles. The minimum absolute atomic E-state index is 0.0659. The van der Waals surface area contributed by atoms with Crippen LogP contribution < -0.4 is 0 Å². The van der Waals surface area contributed by atoms with Gasteiger partial charge in [-0.1, -0.05) is 24.3 Å². The van der Waals surface area contributed by atoms with Gasteiger partial charge in [0.25, 0.3) is 0 Å². The molecule has 26 heavy (non-hydrogen) atoms. The lowest BCUT2D eigenvalue weighted by molar-refractivity contribution is -0.140. The average molecular weight is 383 g/mol. The molecule has 3 rings (SSSR count). The van der Waals surface area contributed by atoms with Crippen LogP contribution in [0.15, 0.2) is 59.6 Å². The summed E-state index contributed by atoms with van der Waals surface area (Å²) in [5.41, 5.74) is -0.231. The number of benzene rings is 2. The molecule has 3 nitrogen and oxygen atoms in total. The van der Waals surface area contributed by atoms with Gasteiger partial charge in [-0.2, -0.15) is 13.2 Å². The third-order valence-electron chi connectivity index (χ3n) is 3.89.